The molecule has 0 saturated heterocycles. The minimum atomic E-state index is -0.429. The van der Waals surface area contributed by atoms with Crippen molar-refractivity contribution in [3.8, 4) is 0 Å². The van der Waals surface area contributed by atoms with Gasteiger partial charge >= 0.3 is 0 Å². The first-order valence-corrected chi connectivity index (χ1v) is 6.93. The number of benzene rings is 1. The van der Waals surface area contributed by atoms with Gasteiger partial charge in [0.25, 0.3) is 0 Å². The van der Waals surface area contributed by atoms with Crippen molar-refractivity contribution in [1.29, 1.82) is 0 Å². The van der Waals surface area contributed by atoms with Gasteiger partial charge in [-0.15, -0.1) is 0 Å². The Hall–Kier alpha value is -1.35. The van der Waals surface area contributed by atoms with Crippen LogP contribution in [0.2, 0.25) is 0 Å². The SMILES string of the molecule is Cc1ccc(CC(C)NC(=O)[C@@H](N)C(C)C)c(C)c1. The summed E-state index contributed by atoms with van der Waals surface area (Å²) in [7, 11) is 0. The van der Waals surface area contributed by atoms with Gasteiger partial charge in [0.05, 0.1) is 6.04 Å². The fourth-order valence-corrected chi connectivity index (χ4v) is 2.10. The second-order valence-electron chi connectivity index (χ2n) is 5.81. The van der Waals surface area contributed by atoms with Crippen LogP contribution in [-0.2, 0) is 11.2 Å². The first kappa shape index (κ1) is 15.7. The van der Waals surface area contributed by atoms with E-state index in [-0.39, 0.29) is 17.9 Å². The molecule has 2 atom stereocenters. The van der Waals surface area contributed by atoms with E-state index >= 15 is 0 Å². The Morgan fingerprint density at radius 2 is 1.89 bits per heavy atom. The molecule has 0 spiro atoms. The molecule has 3 N–H and O–H groups in total. The van der Waals surface area contributed by atoms with Gasteiger partial charge in [-0.1, -0.05) is 37.6 Å². The summed E-state index contributed by atoms with van der Waals surface area (Å²) in [5.41, 5.74) is 9.65. The zero-order valence-corrected chi connectivity index (χ0v) is 12.7. The fraction of sp³-hybridized carbons (Fsp3) is 0.562. The first-order chi connectivity index (χ1) is 8.81. The van der Waals surface area contributed by atoms with Gasteiger partial charge in [0.2, 0.25) is 5.91 Å². The van der Waals surface area contributed by atoms with E-state index in [9.17, 15) is 4.79 Å². The number of nitrogens with two attached hydrogens (primary N) is 1. The number of rotatable bonds is 5. The molecule has 0 aliphatic rings. The third-order valence-electron chi connectivity index (χ3n) is 3.43. The van der Waals surface area contributed by atoms with Gasteiger partial charge in [-0.3, -0.25) is 4.79 Å². The summed E-state index contributed by atoms with van der Waals surface area (Å²) < 4.78 is 0. The molecule has 3 heteroatoms. The van der Waals surface area contributed by atoms with Crippen molar-refractivity contribution >= 4 is 5.91 Å². The van der Waals surface area contributed by atoms with Crippen LogP contribution in [0.15, 0.2) is 18.2 Å². The van der Waals surface area contributed by atoms with Crippen LogP contribution in [0.4, 0.5) is 0 Å². The summed E-state index contributed by atoms with van der Waals surface area (Å²) in [6.07, 6.45) is 0.836. The number of carbonyl (C=O) groups is 1. The third kappa shape index (κ3) is 4.67. The molecule has 1 aromatic carbocycles. The van der Waals surface area contributed by atoms with Crippen LogP contribution in [0.25, 0.3) is 0 Å². The Morgan fingerprint density at radius 3 is 2.42 bits per heavy atom. The molecule has 0 aromatic heterocycles. The highest BCUT2D eigenvalue weighted by Gasteiger charge is 2.19. The Bertz CT molecular complexity index is 440. The molecular weight excluding hydrogens is 236 g/mol. The molecule has 19 heavy (non-hydrogen) atoms. The largest absolute Gasteiger partial charge is 0.352 e. The second-order valence-corrected chi connectivity index (χ2v) is 5.81. The highest BCUT2D eigenvalue weighted by atomic mass is 16.2. The fourth-order valence-electron chi connectivity index (χ4n) is 2.10. The van der Waals surface area contributed by atoms with Crippen molar-refractivity contribution in [2.45, 2.75) is 53.1 Å². The Labute approximate surface area is 116 Å². The first-order valence-electron chi connectivity index (χ1n) is 6.93. The maximum absolute atomic E-state index is 11.9. The van der Waals surface area contributed by atoms with Crippen molar-refractivity contribution in [2.24, 2.45) is 11.7 Å². The van der Waals surface area contributed by atoms with E-state index in [1.54, 1.807) is 0 Å². The Morgan fingerprint density at radius 1 is 1.26 bits per heavy atom. The van der Waals surface area contributed by atoms with Gasteiger partial charge in [0, 0.05) is 6.04 Å². The van der Waals surface area contributed by atoms with Crippen LogP contribution < -0.4 is 11.1 Å². The van der Waals surface area contributed by atoms with E-state index in [0.717, 1.165) is 6.42 Å². The molecule has 1 unspecified atom stereocenters. The maximum Gasteiger partial charge on any atom is 0.237 e. The van der Waals surface area contributed by atoms with Crippen molar-refractivity contribution in [2.75, 3.05) is 0 Å². The van der Waals surface area contributed by atoms with Crippen molar-refractivity contribution in [1.82, 2.24) is 5.32 Å². The van der Waals surface area contributed by atoms with Gasteiger partial charge in [-0.05, 0) is 44.2 Å². The summed E-state index contributed by atoms with van der Waals surface area (Å²) in [6.45, 7) is 10.1. The van der Waals surface area contributed by atoms with Crippen LogP contribution in [0.1, 0.15) is 37.5 Å². The van der Waals surface area contributed by atoms with E-state index in [1.165, 1.54) is 16.7 Å². The number of carbonyl (C=O) groups excluding carboxylic acids is 1. The predicted octanol–water partition coefficient (Wildman–Crippen LogP) is 2.33. The van der Waals surface area contributed by atoms with Crippen LogP contribution in [0.5, 0.6) is 0 Å². The standard InChI is InChI=1S/C16H26N2O/c1-10(2)15(17)16(19)18-13(5)9-14-7-6-11(3)8-12(14)4/h6-8,10,13,15H,9,17H2,1-5H3,(H,18,19)/t13?,15-/m0/s1. The highest BCUT2D eigenvalue weighted by molar-refractivity contribution is 5.82. The normalized spacial score (nSPS) is 14.3. The topological polar surface area (TPSA) is 55.1 Å². The van der Waals surface area contributed by atoms with Gasteiger partial charge < -0.3 is 11.1 Å². The molecule has 1 rings (SSSR count). The molecule has 0 fully saturated rings. The van der Waals surface area contributed by atoms with E-state index in [2.05, 4.69) is 37.4 Å². The summed E-state index contributed by atoms with van der Waals surface area (Å²) in [4.78, 5) is 11.9. The molecule has 106 valence electrons. The maximum atomic E-state index is 11.9. The quantitative estimate of drug-likeness (QED) is 0.855. The van der Waals surface area contributed by atoms with E-state index < -0.39 is 6.04 Å². The molecule has 3 nitrogen and oxygen atoms in total. The molecule has 0 heterocycles. The van der Waals surface area contributed by atoms with Crippen LogP contribution in [0, 0.1) is 19.8 Å². The molecule has 0 saturated carbocycles. The molecule has 0 bridgehead atoms. The molecule has 1 aromatic rings. The lowest BCUT2D eigenvalue weighted by Crippen LogP contribution is -2.47. The van der Waals surface area contributed by atoms with Gasteiger partial charge in [-0.2, -0.15) is 0 Å². The summed E-state index contributed by atoms with van der Waals surface area (Å²) in [6, 6.07) is 6.08. The average Bonchev–Trinajstić information content (AvgIpc) is 2.31. The van der Waals surface area contributed by atoms with Crippen LogP contribution in [0.3, 0.4) is 0 Å². The number of nitrogens with one attached hydrogen (secondary N) is 1. The average molecular weight is 262 g/mol. The summed E-state index contributed by atoms with van der Waals surface area (Å²) >= 11 is 0. The summed E-state index contributed by atoms with van der Waals surface area (Å²) in [5, 5.41) is 2.99. The summed E-state index contributed by atoms with van der Waals surface area (Å²) in [5.74, 6) is 0.0978. The van der Waals surface area contributed by atoms with Crippen LogP contribution in [-0.4, -0.2) is 18.0 Å². The van der Waals surface area contributed by atoms with E-state index in [1.807, 2.05) is 20.8 Å². The minimum Gasteiger partial charge on any atom is -0.352 e. The second kappa shape index (κ2) is 6.71. The third-order valence-corrected chi connectivity index (χ3v) is 3.43. The Kier molecular flexibility index (Phi) is 5.55. The lowest BCUT2D eigenvalue weighted by Gasteiger charge is -2.20. The Balaban J connectivity index is 2.60. The van der Waals surface area contributed by atoms with E-state index in [0.29, 0.717) is 0 Å². The zero-order chi connectivity index (χ0) is 14.6. The number of hydrogen-bond donors (Lipinski definition) is 2. The predicted molar refractivity (Wildman–Crippen MR) is 80.0 cm³/mol. The number of aryl methyl sites for hydroxylation is 2. The smallest absolute Gasteiger partial charge is 0.237 e. The van der Waals surface area contributed by atoms with Gasteiger partial charge in [-0.25, -0.2) is 0 Å². The van der Waals surface area contributed by atoms with Crippen LogP contribution >= 0.6 is 0 Å². The zero-order valence-electron chi connectivity index (χ0n) is 12.7. The number of hydrogen-bond acceptors (Lipinski definition) is 2. The highest BCUT2D eigenvalue weighted by Crippen LogP contribution is 2.12. The van der Waals surface area contributed by atoms with Crippen molar-refractivity contribution in [3.05, 3.63) is 34.9 Å². The molecule has 0 radical (unpaired) electrons. The van der Waals surface area contributed by atoms with Gasteiger partial charge in [0.1, 0.15) is 0 Å². The molecule has 1 amide bonds. The lowest BCUT2D eigenvalue weighted by molar-refractivity contribution is -0.123. The minimum absolute atomic E-state index is 0.0627. The molecule has 0 aliphatic carbocycles. The van der Waals surface area contributed by atoms with Gasteiger partial charge in [0.15, 0.2) is 0 Å². The number of amides is 1. The van der Waals surface area contributed by atoms with E-state index in [4.69, 9.17) is 5.73 Å². The van der Waals surface area contributed by atoms with Crippen molar-refractivity contribution < 1.29 is 4.79 Å². The monoisotopic (exact) mass is 262 g/mol. The molecular formula is C16H26N2O. The lowest BCUT2D eigenvalue weighted by atomic mass is 9.99. The van der Waals surface area contributed by atoms with Crippen molar-refractivity contribution in [3.63, 3.8) is 0 Å². The molecule has 0 aliphatic heterocycles.